The summed E-state index contributed by atoms with van der Waals surface area (Å²) in [6.45, 7) is 12.4. The molecule has 2 aromatic carbocycles. The summed E-state index contributed by atoms with van der Waals surface area (Å²) in [5, 5.41) is 0. The van der Waals surface area contributed by atoms with Crippen molar-refractivity contribution in [1.29, 1.82) is 0 Å². The molecule has 2 nitrogen and oxygen atoms in total. The molecule has 0 heterocycles. The lowest BCUT2D eigenvalue weighted by atomic mass is 9.69. The second-order valence-corrected chi connectivity index (χ2v) is 7.56. The number of allylic oxidation sites excluding steroid dienone is 9. The summed E-state index contributed by atoms with van der Waals surface area (Å²) >= 11 is 0. The number of anilines is 1. The van der Waals surface area contributed by atoms with E-state index in [4.69, 9.17) is 11.5 Å². The van der Waals surface area contributed by atoms with Crippen LogP contribution in [-0.2, 0) is 5.41 Å². The monoisotopic (exact) mass is 378 g/mol. The van der Waals surface area contributed by atoms with Crippen molar-refractivity contribution in [1.82, 2.24) is 0 Å². The van der Waals surface area contributed by atoms with Crippen molar-refractivity contribution in [3.63, 3.8) is 0 Å². The minimum Gasteiger partial charge on any atom is -0.399 e. The lowest BCUT2D eigenvalue weighted by molar-refractivity contribution is 0.781. The molecule has 1 unspecified atom stereocenters. The SMILES string of the molecule is C=C/C=C\C1=C(C)C(=C)/C(=C\C(N)=C/C)C12c1ccccc1-c1ccc(N)cc12. The van der Waals surface area contributed by atoms with Crippen molar-refractivity contribution in [3.8, 4) is 11.1 Å². The van der Waals surface area contributed by atoms with Gasteiger partial charge in [0.25, 0.3) is 0 Å². The maximum absolute atomic E-state index is 6.29. The molecule has 4 rings (SSSR count). The second-order valence-electron chi connectivity index (χ2n) is 7.56. The zero-order valence-electron chi connectivity index (χ0n) is 17.0. The lowest BCUT2D eigenvalue weighted by Crippen LogP contribution is -2.27. The van der Waals surface area contributed by atoms with Gasteiger partial charge in [-0.05, 0) is 76.6 Å². The smallest absolute Gasteiger partial charge is 0.0723 e. The predicted octanol–water partition coefficient (Wildman–Crippen LogP) is 5.95. The number of fused-ring (bicyclic) bond motifs is 5. The lowest BCUT2D eigenvalue weighted by Gasteiger charge is -2.32. The van der Waals surface area contributed by atoms with Gasteiger partial charge in [0.15, 0.2) is 0 Å². The van der Waals surface area contributed by atoms with E-state index in [9.17, 15) is 0 Å². The van der Waals surface area contributed by atoms with Crippen molar-refractivity contribution in [2.75, 3.05) is 5.73 Å². The van der Waals surface area contributed by atoms with Gasteiger partial charge in [-0.25, -0.2) is 0 Å². The van der Waals surface area contributed by atoms with E-state index in [2.05, 4.69) is 68.6 Å². The van der Waals surface area contributed by atoms with Gasteiger partial charge in [-0.1, -0.05) is 67.8 Å². The maximum atomic E-state index is 6.29. The first kappa shape index (κ1) is 18.8. The summed E-state index contributed by atoms with van der Waals surface area (Å²) in [6, 6.07) is 14.8. The number of hydrogen-bond donors (Lipinski definition) is 2. The number of benzene rings is 2. The molecule has 0 fully saturated rings. The summed E-state index contributed by atoms with van der Waals surface area (Å²) in [5.74, 6) is 0. The highest BCUT2D eigenvalue weighted by Gasteiger charge is 2.52. The molecule has 0 aliphatic heterocycles. The van der Waals surface area contributed by atoms with E-state index in [1.54, 1.807) is 6.08 Å². The zero-order valence-corrected chi connectivity index (χ0v) is 17.0. The molecule has 144 valence electrons. The summed E-state index contributed by atoms with van der Waals surface area (Å²) < 4.78 is 0. The molecule has 1 spiro atoms. The van der Waals surface area contributed by atoms with E-state index < -0.39 is 5.41 Å². The highest BCUT2D eigenvalue weighted by atomic mass is 14.6. The predicted molar refractivity (Wildman–Crippen MR) is 124 cm³/mol. The Kier molecular flexibility index (Phi) is 4.43. The minimum atomic E-state index is -0.490. The van der Waals surface area contributed by atoms with Crippen molar-refractivity contribution < 1.29 is 0 Å². The molecule has 0 radical (unpaired) electrons. The van der Waals surface area contributed by atoms with Gasteiger partial charge in [0.1, 0.15) is 0 Å². The molecule has 0 saturated carbocycles. The molecule has 29 heavy (non-hydrogen) atoms. The topological polar surface area (TPSA) is 52.0 Å². The fourth-order valence-electron chi connectivity index (χ4n) is 4.75. The van der Waals surface area contributed by atoms with Gasteiger partial charge >= 0.3 is 0 Å². The van der Waals surface area contributed by atoms with Crippen LogP contribution in [-0.4, -0.2) is 0 Å². The summed E-state index contributed by atoms with van der Waals surface area (Å²) in [5.41, 5.74) is 22.8. The van der Waals surface area contributed by atoms with Crippen LogP contribution in [0.5, 0.6) is 0 Å². The minimum absolute atomic E-state index is 0.490. The third-order valence-corrected chi connectivity index (χ3v) is 6.10. The van der Waals surface area contributed by atoms with E-state index >= 15 is 0 Å². The van der Waals surface area contributed by atoms with Crippen LogP contribution in [0.2, 0.25) is 0 Å². The normalized spacial score (nSPS) is 22.1. The standard InChI is InChI=1S/C27H26N2/c1-5-7-11-23-17(3)18(4)25(15-19(28)6-2)27(23)24-12-9-8-10-21(24)22-14-13-20(29)16-26(22)27/h5-16H,1,4,28-29H2,2-3H3/b11-7-,19-6+,25-15+. The first-order valence-corrected chi connectivity index (χ1v) is 9.80. The average molecular weight is 379 g/mol. The van der Waals surface area contributed by atoms with Gasteiger partial charge in [0.05, 0.1) is 5.41 Å². The van der Waals surface area contributed by atoms with E-state index in [0.717, 1.165) is 28.1 Å². The third-order valence-electron chi connectivity index (χ3n) is 6.10. The van der Waals surface area contributed by atoms with Gasteiger partial charge in [0, 0.05) is 11.4 Å². The Morgan fingerprint density at radius 2 is 1.79 bits per heavy atom. The molecule has 2 heteroatoms. The number of hydrogen-bond acceptors (Lipinski definition) is 2. The molecular weight excluding hydrogens is 352 g/mol. The Hall–Kier alpha value is -3.52. The van der Waals surface area contributed by atoms with Crippen LogP contribution in [0.25, 0.3) is 11.1 Å². The summed E-state index contributed by atoms with van der Waals surface area (Å²) in [4.78, 5) is 0. The molecule has 2 aliphatic carbocycles. The number of nitrogens with two attached hydrogens (primary N) is 2. The van der Waals surface area contributed by atoms with Crippen LogP contribution in [0.3, 0.4) is 0 Å². The second kappa shape index (κ2) is 6.82. The van der Waals surface area contributed by atoms with Crippen molar-refractivity contribution in [3.05, 3.63) is 125 Å². The van der Waals surface area contributed by atoms with Crippen molar-refractivity contribution in [2.45, 2.75) is 19.3 Å². The third kappa shape index (κ3) is 2.49. The van der Waals surface area contributed by atoms with E-state index in [0.29, 0.717) is 0 Å². The van der Waals surface area contributed by atoms with E-state index in [-0.39, 0.29) is 0 Å². The fraction of sp³-hybridized carbons (Fsp3) is 0.111. The number of rotatable bonds is 3. The van der Waals surface area contributed by atoms with Crippen molar-refractivity contribution in [2.24, 2.45) is 5.73 Å². The van der Waals surface area contributed by atoms with Crippen LogP contribution < -0.4 is 11.5 Å². The quantitative estimate of drug-likeness (QED) is 0.512. The Balaban J connectivity index is 2.21. The first-order valence-electron chi connectivity index (χ1n) is 9.80. The highest BCUT2D eigenvalue weighted by Crippen LogP contribution is 2.63. The van der Waals surface area contributed by atoms with Gasteiger partial charge in [-0.15, -0.1) is 0 Å². The van der Waals surface area contributed by atoms with Crippen molar-refractivity contribution >= 4 is 5.69 Å². The Bertz CT molecular complexity index is 1170. The van der Waals surface area contributed by atoms with Gasteiger partial charge < -0.3 is 11.5 Å². The van der Waals surface area contributed by atoms with Crippen LogP contribution in [0.1, 0.15) is 25.0 Å². The molecule has 0 aromatic heterocycles. The molecule has 2 aromatic rings. The summed E-state index contributed by atoms with van der Waals surface area (Å²) in [6.07, 6.45) is 9.93. The van der Waals surface area contributed by atoms with Gasteiger partial charge in [-0.2, -0.15) is 0 Å². The van der Waals surface area contributed by atoms with E-state index in [1.165, 1.54) is 27.8 Å². The molecule has 0 saturated heterocycles. The molecule has 2 aliphatic rings. The van der Waals surface area contributed by atoms with Gasteiger partial charge in [0.2, 0.25) is 0 Å². The molecule has 0 amide bonds. The maximum Gasteiger partial charge on any atom is 0.0723 e. The Morgan fingerprint density at radius 3 is 2.52 bits per heavy atom. The highest BCUT2D eigenvalue weighted by molar-refractivity contribution is 5.91. The van der Waals surface area contributed by atoms with E-state index in [1.807, 2.05) is 25.1 Å². The Labute approximate surface area is 172 Å². The molecule has 4 N–H and O–H groups in total. The van der Waals surface area contributed by atoms with Crippen LogP contribution in [0, 0.1) is 0 Å². The summed E-state index contributed by atoms with van der Waals surface area (Å²) in [7, 11) is 0. The molecular formula is C27H26N2. The Morgan fingerprint density at radius 1 is 1.07 bits per heavy atom. The van der Waals surface area contributed by atoms with Crippen LogP contribution in [0.4, 0.5) is 5.69 Å². The average Bonchev–Trinajstić information content (AvgIpc) is 3.12. The molecule has 0 bridgehead atoms. The molecule has 1 atom stereocenters. The zero-order chi connectivity index (χ0) is 20.8. The fourth-order valence-corrected chi connectivity index (χ4v) is 4.75. The largest absolute Gasteiger partial charge is 0.399 e. The number of nitrogen functional groups attached to an aromatic ring is 1. The van der Waals surface area contributed by atoms with Gasteiger partial charge in [-0.3, -0.25) is 0 Å². The first-order chi connectivity index (χ1) is 14.0. The van der Waals surface area contributed by atoms with Crippen LogP contribution >= 0.6 is 0 Å². The van der Waals surface area contributed by atoms with Crippen LogP contribution in [0.15, 0.2) is 114 Å².